The Bertz CT molecular complexity index is 2110. The molecule has 42 heavy (non-hydrogen) atoms. The molecule has 0 saturated heterocycles. The maximum atomic E-state index is 7.43. The molecule has 0 saturated carbocycles. The molecule has 0 aliphatic carbocycles. The largest absolute Gasteiger partial charge is 0.336 e. The molecule has 1 unspecified atom stereocenters. The molecule has 0 bridgehead atoms. The number of benzene rings is 4. The van der Waals surface area contributed by atoms with Gasteiger partial charge in [0, 0.05) is 33.1 Å². The van der Waals surface area contributed by atoms with Crippen molar-refractivity contribution in [2.75, 3.05) is 0 Å². The summed E-state index contributed by atoms with van der Waals surface area (Å²) in [6.45, 7) is 0. The molecule has 8 heteroatoms. The van der Waals surface area contributed by atoms with E-state index in [4.69, 9.17) is 45.5 Å². The number of aryl methyl sites for hydroxylation is 1. The number of imidazole rings is 2. The summed E-state index contributed by atoms with van der Waals surface area (Å²) in [5.41, 5.74) is 14.7. The molecule has 3 aromatic heterocycles. The average molecular weight is 609 g/mol. The van der Waals surface area contributed by atoms with Crippen LogP contribution in [0.4, 0.5) is 0 Å². The van der Waals surface area contributed by atoms with E-state index in [1.165, 1.54) is 0 Å². The second kappa shape index (κ2) is 10.3. The van der Waals surface area contributed by atoms with Crippen LogP contribution in [-0.2, 0) is 12.6 Å². The van der Waals surface area contributed by atoms with Gasteiger partial charge in [-0.05, 0) is 76.9 Å². The number of nitrogens with two attached hydrogens (primary N) is 1. The molecule has 0 spiro atoms. The van der Waals surface area contributed by atoms with Crippen LogP contribution in [0.1, 0.15) is 16.8 Å². The van der Waals surface area contributed by atoms with Crippen molar-refractivity contribution >= 4 is 51.4 Å². The van der Waals surface area contributed by atoms with Gasteiger partial charge in [-0.15, -0.1) is 0 Å². The van der Waals surface area contributed by atoms with Crippen molar-refractivity contribution in [1.82, 2.24) is 18.9 Å². The van der Waals surface area contributed by atoms with E-state index < -0.39 is 5.54 Å². The van der Waals surface area contributed by atoms with Gasteiger partial charge in [0.2, 0.25) is 0 Å². The van der Waals surface area contributed by atoms with E-state index in [0.29, 0.717) is 15.1 Å². The Hall–Kier alpha value is -4.13. The molecule has 0 fully saturated rings. The molecule has 0 aliphatic rings. The molecular weight excluding hydrogens is 585 g/mol. The van der Waals surface area contributed by atoms with Gasteiger partial charge >= 0.3 is 0 Å². The third-order valence-electron chi connectivity index (χ3n) is 7.82. The highest BCUT2D eigenvalue weighted by atomic mass is 35.5. The van der Waals surface area contributed by atoms with Gasteiger partial charge in [-0.2, -0.15) is 0 Å². The van der Waals surface area contributed by atoms with Crippen LogP contribution in [-0.4, -0.2) is 18.9 Å². The molecule has 1 atom stereocenters. The summed E-state index contributed by atoms with van der Waals surface area (Å²) < 4.78 is 4.11. The van der Waals surface area contributed by atoms with Crippen molar-refractivity contribution in [2.45, 2.75) is 5.54 Å². The first-order valence-electron chi connectivity index (χ1n) is 13.3. The van der Waals surface area contributed by atoms with Crippen LogP contribution in [0.2, 0.25) is 15.1 Å². The summed E-state index contributed by atoms with van der Waals surface area (Å²) in [6.07, 6.45) is 5.46. The lowest BCUT2D eigenvalue weighted by molar-refractivity contribution is 0.596. The molecule has 7 aromatic rings. The molecule has 206 valence electrons. The minimum atomic E-state index is -1.02. The number of rotatable bonds is 5. The molecule has 3 heterocycles. The van der Waals surface area contributed by atoms with Gasteiger partial charge in [0.05, 0.1) is 35.6 Å². The van der Waals surface area contributed by atoms with Crippen LogP contribution in [0.25, 0.3) is 38.9 Å². The maximum Gasteiger partial charge on any atom is 0.138 e. The van der Waals surface area contributed by atoms with Crippen molar-refractivity contribution in [3.8, 4) is 22.4 Å². The second-order valence-corrected chi connectivity index (χ2v) is 11.7. The predicted octanol–water partition coefficient (Wildman–Crippen LogP) is 8.77. The van der Waals surface area contributed by atoms with E-state index in [1.807, 2.05) is 90.7 Å². The van der Waals surface area contributed by atoms with Crippen LogP contribution in [0.15, 0.2) is 116 Å². The Morgan fingerprint density at radius 2 is 1.40 bits per heavy atom. The van der Waals surface area contributed by atoms with Gasteiger partial charge in [-0.1, -0.05) is 77.3 Å². The van der Waals surface area contributed by atoms with Crippen LogP contribution in [0.5, 0.6) is 0 Å². The zero-order valence-corrected chi connectivity index (χ0v) is 24.7. The fourth-order valence-corrected chi connectivity index (χ4v) is 6.29. The lowest BCUT2D eigenvalue weighted by atomic mass is 9.80. The first-order chi connectivity index (χ1) is 20.3. The Morgan fingerprint density at radius 1 is 0.714 bits per heavy atom. The summed E-state index contributed by atoms with van der Waals surface area (Å²) in [5.74, 6) is 0. The summed E-state index contributed by atoms with van der Waals surface area (Å²) in [6, 6.07) is 31.7. The highest BCUT2D eigenvalue weighted by Crippen LogP contribution is 2.40. The van der Waals surface area contributed by atoms with E-state index in [2.05, 4.69) is 39.7 Å². The number of hydrogen-bond donors (Lipinski definition) is 1. The van der Waals surface area contributed by atoms with Crippen LogP contribution in [0, 0.1) is 0 Å². The monoisotopic (exact) mass is 607 g/mol. The number of halogens is 3. The molecule has 2 N–H and O–H groups in total. The molecular formula is C34H24Cl3N5. The number of hydrogen-bond acceptors (Lipinski definition) is 3. The highest BCUT2D eigenvalue weighted by molar-refractivity contribution is 6.31. The Balaban J connectivity index is 1.57. The van der Waals surface area contributed by atoms with Gasteiger partial charge in [-0.3, -0.25) is 4.40 Å². The van der Waals surface area contributed by atoms with Crippen molar-refractivity contribution in [2.24, 2.45) is 12.8 Å². The Morgan fingerprint density at radius 3 is 2.10 bits per heavy atom. The van der Waals surface area contributed by atoms with Crippen molar-refractivity contribution in [3.05, 3.63) is 148 Å². The van der Waals surface area contributed by atoms with E-state index in [1.54, 1.807) is 6.33 Å². The summed E-state index contributed by atoms with van der Waals surface area (Å²) in [7, 11) is 1.95. The summed E-state index contributed by atoms with van der Waals surface area (Å²) in [5, 5.41) is 2.96. The second-order valence-electron chi connectivity index (χ2n) is 10.4. The number of aromatic nitrogens is 4. The minimum absolute atomic E-state index is 0.643. The number of pyridine rings is 1. The minimum Gasteiger partial charge on any atom is -0.336 e. The van der Waals surface area contributed by atoms with Gasteiger partial charge in [0.1, 0.15) is 11.2 Å². The number of nitrogens with zero attached hydrogens (tertiary/aromatic N) is 4. The van der Waals surface area contributed by atoms with E-state index in [9.17, 15) is 0 Å². The molecule has 0 aliphatic heterocycles. The van der Waals surface area contributed by atoms with Crippen molar-refractivity contribution in [3.63, 3.8) is 0 Å². The molecule has 7 rings (SSSR count). The van der Waals surface area contributed by atoms with Gasteiger partial charge in [0.15, 0.2) is 0 Å². The Labute approximate surface area is 257 Å². The topological polar surface area (TPSA) is 61.1 Å². The fourth-order valence-electron chi connectivity index (χ4n) is 5.78. The number of fused-ring (bicyclic) bond motifs is 3. The van der Waals surface area contributed by atoms with Gasteiger partial charge in [0.25, 0.3) is 0 Å². The lowest BCUT2D eigenvalue weighted by Crippen LogP contribution is -2.40. The predicted molar refractivity (Wildman–Crippen MR) is 172 cm³/mol. The van der Waals surface area contributed by atoms with Crippen LogP contribution < -0.4 is 5.73 Å². The normalized spacial score (nSPS) is 13.1. The standard InChI is InChI=1S/C34H24Cl3N5/c1-41-20-39-19-32(41)34(38,23-8-11-25(35)12-9-23)24-10-13-30-29(16-24)28(21-4-2-6-26(36)14-21)17-33-40-18-31(42(30)33)22-5-3-7-27(37)15-22/h2-20H,38H2,1H3. The SMILES string of the molecule is Cn1cncc1C(N)(c1ccc(Cl)cc1)c1ccc2c(c1)c(-c1cccc(Cl)c1)cc1ncc(-c3cccc(Cl)c3)n12. The first-order valence-corrected chi connectivity index (χ1v) is 14.4. The summed E-state index contributed by atoms with van der Waals surface area (Å²) >= 11 is 19.1. The molecule has 0 amide bonds. The van der Waals surface area contributed by atoms with Gasteiger partial charge < -0.3 is 10.3 Å². The zero-order chi connectivity index (χ0) is 29.0. The van der Waals surface area contributed by atoms with Crippen LogP contribution in [0.3, 0.4) is 0 Å². The lowest BCUT2D eigenvalue weighted by Gasteiger charge is -2.31. The molecule has 5 nitrogen and oxygen atoms in total. The maximum absolute atomic E-state index is 7.43. The first kappa shape index (κ1) is 26.7. The third-order valence-corrected chi connectivity index (χ3v) is 8.54. The molecule has 0 radical (unpaired) electrons. The van der Waals surface area contributed by atoms with Crippen molar-refractivity contribution in [1.29, 1.82) is 0 Å². The fraction of sp³-hybridized carbons (Fsp3) is 0.0588. The zero-order valence-electron chi connectivity index (χ0n) is 22.5. The van der Waals surface area contributed by atoms with E-state index >= 15 is 0 Å². The van der Waals surface area contributed by atoms with Crippen molar-refractivity contribution < 1.29 is 0 Å². The van der Waals surface area contributed by atoms with E-state index in [0.717, 1.165) is 55.8 Å². The summed E-state index contributed by atoms with van der Waals surface area (Å²) in [4.78, 5) is 9.20. The Kier molecular flexibility index (Phi) is 6.56. The molecule has 4 aromatic carbocycles. The third kappa shape index (κ3) is 4.37. The van der Waals surface area contributed by atoms with Gasteiger partial charge in [-0.25, -0.2) is 9.97 Å². The van der Waals surface area contributed by atoms with E-state index in [-0.39, 0.29) is 0 Å². The highest BCUT2D eigenvalue weighted by Gasteiger charge is 2.35. The quantitative estimate of drug-likeness (QED) is 0.212. The smallest absolute Gasteiger partial charge is 0.138 e. The van der Waals surface area contributed by atoms with Crippen LogP contribution >= 0.6 is 34.8 Å². The average Bonchev–Trinajstić information content (AvgIpc) is 3.63.